The summed E-state index contributed by atoms with van der Waals surface area (Å²) in [6.45, 7) is 0. The van der Waals surface area contributed by atoms with Crippen LogP contribution >= 0.6 is 0 Å². The first-order valence-electron chi connectivity index (χ1n) is 0.549. The second-order valence-corrected chi connectivity index (χ2v) is 0.916. The molecule has 4 heteroatoms. The van der Waals surface area contributed by atoms with Crippen LogP contribution in [0.5, 0.6) is 0 Å². The highest BCUT2D eigenvalue weighted by Gasteiger charge is 1.26. The van der Waals surface area contributed by atoms with Crippen LogP contribution in [0.15, 0.2) is 0 Å². The largest absolute Gasteiger partial charge is 0.341 e. The monoisotopic (exact) mass is 92.0 g/mol. The molecule has 0 bridgehead atoms. The number of hydrogen-bond acceptors (Lipinski definition) is 1. The second-order valence-electron chi connectivity index (χ2n) is 0.156. The molecule has 0 saturated heterocycles. The van der Waals surface area contributed by atoms with Gasteiger partial charge in [-0.15, -0.1) is 0 Å². The minimum absolute atomic E-state index is 0.620. The van der Waals surface area contributed by atoms with E-state index in [4.69, 9.17) is 5.53 Å². The van der Waals surface area contributed by atoms with Gasteiger partial charge in [-0.25, -0.2) is 0 Å². The Morgan fingerprint density at radius 2 is 2.25 bits per heavy atom. The Morgan fingerprint density at radius 3 is 2.25 bits per heavy atom. The van der Waals surface area contributed by atoms with Crippen LogP contribution in [0.4, 0.5) is 0 Å². The summed E-state index contributed by atoms with van der Waals surface area (Å²) in [5.74, 6) is 0. The molecule has 0 fully saturated rings. The van der Waals surface area contributed by atoms with Crippen LogP contribution in [-0.2, 0) is 21.3 Å². The van der Waals surface area contributed by atoms with Crippen molar-refractivity contribution in [1.82, 2.24) is 4.16 Å². The molecule has 0 amide bonds. The molecule has 0 aliphatic heterocycles. The Balaban J connectivity index is 3.95. The van der Waals surface area contributed by atoms with Crippen LogP contribution in [-0.4, -0.2) is 0 Å². The Labute approximate surface area is 31.7 Å². The van der Waals surface area contributed by atoms with Gasteiger partial charge in [0.1, 0.15) is 0 Å². The van der Waals surface area contributed by atoms with Crippen LogP contribution < -0.4 is 4.16 Å². The topological polar surface area (TPSA) is 36.4 Å². The molecule has 0 rings (SSSR count). The van der Waals surface area contributed by atoms with E-state index in [0.29, 0.717) is 10.1 Å². The van der Waals surface area contributed by atoms with Gasteiger partial charge in [0.15, 0.2) is 0 Å². The molecule has 0 saturated carbocycles. The van der Waals surface area contributed by atoms with Crippen molar-refractivity contribution in [1.29, 1.82) is 0 Å². The lowest BCUT2D eigenvalue weighted by Gasteiger charge is -1.15. The molecule has 0 aromatic carbocycles. The number of rotatable bonds is 0. The van der Waals surface area contributed by atoms with E-state index in [1.165, 1.54) is 0 Å². The number of hydrogen-bond donors (Lipinski definition) is 0. The van der Waals surface area contributed by atoms with E-state index in [2.05, 4.69) is 15.3 Å². The first-order valence-corrected chi connectivity index (χ1v) is 2.25. The zero-order chi connectivity index (χ0) is 3.41. The summed E-state index contributed by atoms with van der Waals surface area (Å²) in [6.07, 6.45) is 0. The summed E-state index contributed by atoms with van der Waals surface area (Å²) < 4.78 is 2.47. The summed E-state index contributed by atoms with van der Waals surface area (Å²) >= 11 is 4.05. The van der Waals surface area contributed by atoms with Gasteiger partial charge in [-0.3, -0.25) is 0 Å². The molecule has 0 heterocycles. The van der Waals surface area contributed by atoms with Gasteiger partial charge in [-0.1, -0.05) is 4.16 Å². The zero-order valence-electron chi connectivity index (χ0n) is 1.71. The smallest absolute Gasteiger partial charge is 0.338 e. The van der Waals surface area contributed by atoms with Gasteiger partial charge in [0.25, 0.3) is 0 Å². The first-order chi connectivity index (χ1) is 1.91. The van der Waals surface area contributed by atoms with Crippen LogP contribution in [0, 0.1) is 0 Å². The third kappa shape index (κ3) is 1.95. The zero-order valence-corrected chi connectivity index (χ0v) is 3.34. The fourth-order valence-corrected chi connectivity index (χ4v) is 0. The average Bonchev–Trinajstić information content (AvgIpc) is 1.37. The van der Waals surface area contributed by atoms with Gasteiger partial charge in [0.05, 0.1) is 11.2 Å². The summed E-state index contributed by atoms with van der Waals surface area (Å²) in [6, 6.07) is 0. The van der Waals surface area contributed by atoms with E-state index in [-0.39, 0.29) is 0 Å². The first kappa shape index (κ1) is 3.95. The van der Waals surface area contributed by atoms with Crippen molar-refractivity contribution in [2.75, 3.05) is 0 Å². The predicted octanol–water partition coefficient (Wildman–Crippen LogP) is -0.197. The highest BCUT2D eigenvalue weighted by Crippen LogP contribution is 1.05. The van der Waals surface area contributed by atoms with E-state index in [1.54, 1.807) is 0 Å². The van der Waals surface area contributed by atoms with E-state index in [0.717, 1.165) is 0 Å². The molecule has 0 aliphatic carbocycles. The van der Waals surface area contributed by atoms with E-state index in [1.807, 2.05) is 0 Å². The maximum Gasteiger partial charge on any atom is 0.338 e. The van der Waals surface area contributed by atoms with Gasteiger partial charge in [0.2, 0.25) is 0 Å². The lowest BCUT2D eigenvalue weighted by Crippen LogP contribution is -1.32. The van der Waals surface area contributed by atoms with Crippen molar-refractivity contribution in [2.24, 2.45) is 0 Å². The Bertz CT molecular complexity index is 54.1. The van der Waals surface area contributed by atoms with Gasteiger partial charge >= 0.3 is 10.1 Å². The molecule has 4 heavy (non-hydrogen) atoms. The molecule has 0 unspecified atom stereocenters. The fraction of sp³-hybridized carbons (Fsp3) is 0. The molecule has 0 aromatic heterocycles. The van der Waals surface area contributed by atoms with Gasteiger partial charge < -0.3 is 5.53 Å². The third-order valence-electron chi connectivity index (χ3n) is 0.0333. The van der Waals surface area contributed by atoms with Gasteiger partial charge in [-0.2, -0.15) is 0 Å². The molecule has 0 atom stereocenters. The predicted molar refractivity (Wildman–Crippen MR) is 20.2 cm³/mol. The van der Waals surface area contributed by atoms with Crippen molar-refractivity contribution in [3.8, 4) is 0 Å². The highest BCUT2D eigenvalue weighted by atomic mass is 32.8. The second kappa shape index (κ2) is 2.95. The Morgan fingerprint density at radius 1 is 2.00 bits per heavy atom. The van der Waals surface area contributed by atoms with E-state index in [9.17, 15) is 0 Å². The number of nitrogens with zero attached hydrogens (tertiary/aromatic N) is 2. The lowest BCUT2D eigenvalue weighted by atomic mass is 13.3. The molecular weight excluding hydrogens is 92.1 g/mol. The summed E-state index contributed by atoms with van der Waals surface area (Å²) in [7, 11) is 0.620. The maximum absolute atomic E-state index is 7.36. The van der Waals surface area contributed by atoms with E-state index >= 15 is 0 Å². The van der Waals surface area contributed by atoms with Crippen molar-refractivity contribution >= 4 is 21.3 Å². The standard InChI is InChI=1S/N2S2/c1-2-4-3. The minimum atomic E-state index is 0.620. The minimum Gasteiger partial charge on any atom is -0.341 e. The molecular formula is N2S2. The molecule has 0 spiro atoms. The molecule has 0 radical (unpaired) electrons. The fourth-order valence-electron chi connectivity index (χ4n) is 0. The third-order valence-corrected chi connectivity index (χ3v) is 0.300. The maximum atomic E-state index is 7.36. The molecule has 22 valence electrons. The molecule has 0 aromatic rings. The summed E-state index contributed by atoms with van der Waals surface area (Å²) in [5, 5.41) is 0. The van der Waals surface area contributed by atoms with E-state index < -0.39 is 0 Å². The highest BCUT2D eigenvalue weighted by molar-refractivity contribution is 8.12. The van der Waals surface area contributed by atoms with Gasteiger partial charge in [-0.05, 0) is 0 Å². The van der Waals surface area contributed by atoms with Crippen LogP contribution in [0.25, 0.3) is 5.53 Å². The van der Waals surface area contributed by atoms with Crippen molar-refractivity contribution in [3.05, 3.63) is 5.53 Å². The lowest BCUT2D eigenvalue weighted by molar-refractivity contribution is 1.74. The van der Waals surface area contributed by atoms with Gasteiger partial charge in [0, 0.05) is 0 Å². The average molecular weight is 92.1 g/mol. The van der Waals surface area contributed by atoms with Crippen molar-refractivity contribution in [2.45, 2.75) is 0 Å². The normalized spacial score (nSPS) is 4.00. The Hall–Kier alpha value is -0.0500. The molecule has 0 aliphatic rings. The Kier molecular flexibility index (Phi) is 2.91. The molecule has 0 N–H and O–H groups in total. The van der Waals surface area contributed by atoms with Crippen molar-refractivity contribution < 1.29 is 0 Å². The summed E-state index contributed by atoms with van der Waals surface area (Å²) in [5.41, 5.74) is 7.36. The SMILES string of the molecule is [N-]=[N+]=S=S. The van der Waals surface area contributed by atoms with Crippen LogP contribution in [0.3, 0.4) is 0 Å². The quantitative estimate of drug-likeness (QED) is 0.301. The molecule has 2 nitrogen and oxygen atoms in total. The summed E-state index contributed by atoms with van der Waals surface area (Å²) in [4.78, 5) is 0. The van der Waals surface area contributed by atoms with Crippen LogP contribution in [0.1, 0.15) is 0 Å². The van der Waals surface area contributed by atoms with Crippen molar-refractivity contribution in [3.63, 3.8) is 0 Å². The van der Waals surface area contributed by atoms with Crippen LogP contribution in [0.2, 0.25) is 0 Å².